The molecule has 0 saturated heterocycles. The standard InChI is InChI=1S/C24H22O3/c1-24(2,3)14-20(26)22-19-6-4-5-7-21(19)27-23(22)17-9-8-16-13-18(25)11-10-15(16)12-17/h4-13,25H,14H2,1-3H3. The van der Waals surface area contributed by atoms with Crippen LogP contribution in [0.3, 0.4) is 0 Å². The minimum Gasteiger partial charge on any atom is -0.508 e. The van der Waals surface area contributed by atoms with Crippen molar-refractivity contribution in [2.45, 2.75) is 27.2 Å². The van der Waals surface area contributed by atoms with E-state index in [0.717, 1.165) is 27.3 Å². The summed E-state index contributed by atoms with van der Waals surface area (Å²) in [4.78, 5) is 13.1. The maximum Gasteiger partial charge on any atom is 0.167 e. The smallest absolute Gasteiger partial charge is 0.167 e. The second-order valence-electron chi connectivity index (χ2n) is 8.21. The van der Waals surface area contributed by atoms with E-state index in [-0.39, 0.29) is 16.9 Å². The Bertz CT molecular complexity index is 1160. The molecule has 0 saturated carbocycles. The van der Waals surface area contributed by atoms with Crippen molar-refractivity contribution in [3.8, 4) is 17.1 Å². The monoisotopic (exact) mass is 358 g/mol. The Morgan fingerprint density at radius 1 is 0.963 bits per heavy atom. The van der Waals surface area contributed by atoms with Gasteiger partial charge < -0.3 is 9.52 Å². The van der Waals surface area contributed by atoms with Crippen LogP contribution in [0.2, 0.25) is 0 Å². The molecular weight excluding hydrogens is 336 g/mol. The predicted octanol–water partition coefficient (Wildman–Crippen LogP) is 6.58. The molecule has 0 aliphatic rings. The molecular formula is C24H22O3. The van der Waals surface area contributed by atoms with E-state index in [4.69, 9.17) is 4.42 Å². The molecule has 4 rings (SSSR count). The lowest BCUT2D eigenvalue weighted by atomic mass is 9.86. The van der Waals surface area contributed by atoms with Gasteiger partial charge in [-0.15, -0.1) is 0 Å². The minimum atomic E-state index is -0.104. The highest BCUT2D eigenvalue weighted by Gasteiger charge is 2.25. The van der Waals surface area contributed by atoms with Crippen LogP contribution in [0, 0.1) is 5.41 Å². The van der Waals surface area contributed by atoms with Gasteiger partial charge in [0.15, 0.2) is 5.78 Å². The third kappa shape index (κ3) is 3.33. The average molecular weight is 358 g/mol. The highest BCUT2D eigenvalue weighted by atomic mass is 16.3. The summed E-state index contributed by atoms with van der Waals surface area (Å²) in [5.74, 6) is 0.939. The molecule has 0 amide bonds. The van der Waals surface area contributed by atoms with Gasteiger partial charge >= 0.3 is 0 Å². The van der Waals surface area contributed by atoms with Crippen molar-refractivity contribution in [3.05, 3.63) is 66.2 Å². The van der Waals surface area contributed by atoms with Crippen molar-refractivity contribution in [1.82, 2.24) is 0 Å². The van der Waals surface area contributed by atoms with E-state index >= 15 is 0 Å². The molecule has 136 valence electrons. The number of hydrogen-bond acceptors (Lipinski definition) is 3. The number of benzene rings is 3. The van der Waals surface area contributed by atoms with E-state index in [9.17, 15) is 9.90 Å². The largest absolute Gasteiger partial charge is 0.508 e. The molecule has 27 heavy (non-hydrogen) atoms. The van der Waals surface area contributed by atoms with Gasteiger partial charge in [-0.05, 0) is 40.5 Å². The van der Waals surface area contributed by atoms with Gasteiger partial charge in [0.1, 0.15) is 17.1 Å². The van der Waals surface area contributed by atoms with Crippen molar-refractivity contribution >= 4 is 27.5 Å². The van der Waals surface area contributed by atoms with Gasteiger partial charge in [0, 0.05) is 17.4 Å². The van der Waals surface area contributed by atoms with Gasteiger partial charge in [-0.25, -0.2) is 0 Å². The number of aromatic hydroxyl groups is 1. The van der Waals surface area contributed by atoms with Crippen molar-refractivity contribution in [1.29, 1.82) is 0 Å². The van der Waals surface area contributed by atoms with Crippen molar-refractivity contribution in [2.75, 3.05) is 0 Å². The van der Waals surface area contributed by atoms with E-state index in [2.05, 4.69) is 20.8 Å². The molecule has 3 heteroatoms. The van der Waals surface area contributed by atoms with Gasteiger partial charge in [-0.2, -0.15) is 0 Å². The van der Waals surface area contributed by atoms with Gasteiger partial charge in [0.2, 0.25) is 0 Å². The Kier molecular flexibility index (Phi) is 4.03. The zero-order chi connectivity index (χ0) is 19.2. The number of rotatable bonds is 3. The first-order valence-corrected chi connectivity index (χ1v) is 9.10. The Hall–Kier alpha value is -3.07. The van der Waals surface area contributed by atoms with E-state index < -0.39 is 0 Å². The molecule has 4 aromatic rings. The first-order chi connectivity index (χ1) is 12.8. The molecule has 0 aliphatic heterocycles. The third-order valence-corrected chi connectivity index (χ3v) is 4.65. The molecule has 3 nitrogen and oxygen atoms in total. The average Bonchev–Trinajstić information content (AvgIpc) is 2.99. The molecule has 0 spiro atoms. The topological polar surface area (TPSA) is 50.4 Å². The van der Waals surface area contributed by atoms with E-state index in [0.29, 0.717) is 17.7 Å². The fraction of sp³-hybridized carbons (Fsp3) is 0.208. The van der Waals surface area contributed by atoms with Crippen LogP contribution in [0.25, 0.3) is 33.1 Å². The zero-order valence-electron chi connectivity index (χ0n) is 15.7. The normalized spacial score (nSPS) is 12.0. The lowest BCUT2D eigenvalue weighted by Gasteiger charge is -2.16. The molecule has 0 aliphatic carbocycles. The summed E-state index contributed by atoms with van der Waals surface area (Å²) in [6.07, 6.45) is 0.449. The van der Waals surface area contributed by atoms with E-state index in [1.807, 2.05) is 48.5 Å². The Balaban J connectivity index is 1.92. The summed E-state index contributed by atoms with van der Waals surface area (Å²) in [7, 11) is 0. The molecule has 0 unspecified atom stereocenters. The van der Waals surface area contributed by atoms with Crippen LogP contribution in [0.15, 0.2) is 65.1 Å². The third-order valence-electron chi connectivity index (χ3n) is 4.65. The van der Waals surface area contributed by atoms with Gasteiger partial charge in [0.05, 0.1) is 5.56 Å². The Labute approximate surface area is 158 Å². The van der Waals surface area contributed by atoms with Crippen LogP contribution in [0.1, 0.15) is 37.6 Å². The Morgan fingerprint density at radius 3 is 2.44 bits per heavy atom. The summed E-state index contributed by atoms with van der Waals surface area (Å²) in [6.45, 7) is 6.19. The first kappa shape index (κ1) is 17.3. The number of furan rings is 1. The molecule has 3 aromatic carbocycles. The summed E-state index contributed by atoms with van der Waals surface area (Å²) < 4.78 is 6.12. The highest BCUT2D eigenvalue weighted by Crippen LogP contribution is 2.37. The fourth-order valence-electron chi connectivity index (χ4n) is 3.47. The van der Waals surface area contributed by atoms with Crippen LogP contribution < -0.4 is 0 Å². The predicted molar refractivity (Wildman–Crippen MR) is 109 cm³/mol. The number of phenols is 1. The number of ketones is 1. The molecule has 0 atom stereocenters. The molecule has 0 radical (unpaired) electrons. The Morgan fingerprint density at radius 2 is 1.67 bits per heavy atom. The molecule has 1 N–H and O–H groups in total. The summed E-state index contributed by atoms with van der Waals surface area (Å²) >= 11 is 0. The van der Waals surface area contributed by atoms with Crippen molar-refractivity contribution in [2.24, 2.45) is 5.41 Å². The molecule has 0 bridgehead atoms. The molecule has 1 heterocycles. The maximum atomic E-state index is 13.1. The quantitative estimate of drug-likeness (QED) is 0.421. The fourth-order valence-corrected chi connectivity index (χ4v) is 3.47. The number of hydrogen-bond donors (Lipinski definition) is 1. The number of phenolic OH excluding ortho intramolecular Hbond substituents is 1. The van der Waals surface area contributed by atoms with E-state index in [1.165, 1.54) is 0 Å². The number of Topliss-reactive ketones (excluding diaryl/α,β-unsaturated/α-hetero) is 1. The maximum absolute atomic E-state index is 13.1. The second-order valence-corrected chi connectivity index (χ2v) is 8.21. The van der Waals surface area contributed by atoms with Crippen LogP contribution in [-0.4, -0.2) is 10.9 Å². The van der Waals surface area contributed by atoms with Gasteiger partial charge in [-0.3, -0.25) is 4.79 Å². The second kappa shape index (κ2) is 6.27. The zero-order valence-corrected chi connectivity index (χ0v) is 15.7. The number of carbonyl (C=O) groups is 1. The summed E-state index contributed by atoms with van der Waals surface area (Å²) in [5, 5.41) is 12.5. The van der Waals surface area contributed by atoms with Crippen LogP contribution in [0.5, 0.6) is 5.75 Å². The van der Waals surface area contributed by atoms with Crippen molar-refractivity contribution < 1.29 is 14.3 Å². The van der Waals surface area contributed by atoms with Gasteiger partial charge in [0.25, 0.3) is 0 Å². The first-order valence-electron chi connectivity index (χ1n) is 9.10. The van der Waals surface area contributed by atoms with Crippen LogP contribution in [-0.2, 0) is 0 Å². The SMILES string of the molecule is CC(C)(C)CC(=O)c1c(-c2ccc3cc(O)ccc3c2)oc2ccccc12. The highest BCUT2D eigenvalue weighted by molar-refractivity contribution is 6.12. The molecule has 0 fully saturated rings. The summed E-state index contributed by atoms with van der Waals surface area (Å²) in [6, 6.07) is 18.8. The molecule has 1 aromatic heterocycles. The minimum absolute atomic E-state index is 0.0910. The van der Waals surface area contributed by atoms with Crippen LogP contribution >= 0.6 is 0 Å². The lowest BCUT2D eigenvalue weighted by molar-refractivity contribution is 0.0941. The summed E-state index contributed by atoms with van der Waals surface area (Å²) in [5.41, 5.74) is 2.13. The van der Waals surface area contributed by atoms with Crippen LogP contribution in [0.4, 0.5) is 0 Å². The van der Waals surface area contributed by atoms with Crippen molar-refractivity contribution in [3.63, 3.8) is 0 Å². The lowest BCUT2D eigenvalue weighted by Crippen LogP contribution is -2.13. The number of para-hydroxylation sites is 1. The van der Waals surface area contributed by atoms with E-state index in [1.54, 1.807) is 12.1 Å². The number of carbonyl (C=O) groups excluding carboxylic acids is 1. The van der Waals surface area contributed by atoms with Gasteiger partial charge in [-0.1, -0.05) is 57.2 Å². The number of fused-ring (bicyclic) bond motifs is 2.